The Labute approximate surface area is 103 Å². The summed E-state index contributed by atoms with van der Waals surface area (Å²) in [4.78, 5) is 11.8. The summed E-state index contributed by atoms with van der Waals surface area (Å²) in [6, 6.07) is -0.133. The van der Waals surface area contributed by atoms with Gasteiger partial charge in [0.25, 0.3) is 0 Å². The zero-order chi connectivity index (χ0) is 12.7. The van der Waals surface area contributed by atoms with Gasteiger partial charge in [-0.3, -0.25) is 4.79 Å². The molecule has 0 bridgehead atoms. The third-order valence-electron chi connectivity index (χ3n) is 3.42. The molecule has 0 aromatic carbocycles. The Kier molecular flexibility index (Phi) is 6.47. The van der Waals surface area contributed by atoms with Crippen molar-refractivity contribution in [2.45, 2.75) is 38.3 Å². The van der Waals surface area contributed by atoms with Crippen LogP contribution in [0.2, 0.25) is 0 Å². The smallest absolute Gasteiger partial charge is 0.237 e. The molecule has 3 unspecified atom stereocenters. The summed E-state index contributed by atoms with van der Waals surface area (Å²) in [5.41, 5.74) is 0. The number of amides is 1. The quantitative estimate of drug-likeness (QED) is 0.584. The first kappa shape index (κ1) is 14.4. The summed E-state index contributed by atoms with van der Waals surface area (Å²) in [6.45, 7) is 3.64. The van der Waals surface area contributed by atoms with Crippen LogP contribution >= 0.6 is 0 Å². The third-order valence-corrected chi connectivity index (χ3v) is 3.42. The number of methoxy groups -OCH3 is 1. The predicted octanol–water partition coefficient (Wildman–Crippen LogP) is -0.112. The lowest BCUT2D eigenvalue weighted by Gasteiger charge is -2.16. The van der Waals surface area contributed by atoms with Gasteiger partial charge < -0.3 is 20.5 Å². The van der Waals surface area contributed by atoms with Gasteiger partial charge in [0.1, 0.15) is 0 Å². The molecule has 1 amide bonds. The standard InChI is InChI=1S/C12H24N2O3/c1-3-9(4-5-15)7-14-12(16)11-6-10(17-2)8-13-11/h9-11,13,15H,3-8H2,1-2H3,(H,14,16). The Morgan fingerprint density at radius 1 is 1.65 bits per heavy atom. The minimum Gasteiger partial charge on any atom is -0.396 e. The van der Waals surface area contributed by atoms with Gasteiger partial charge in [-0.1, -0.05) is 13.3 Å². The van der Waals surface area contributed by atoms with Crippen molar-refractivity contribution in [3.8, 4) is 0 Å². The molecule has 0 radical (unpaired) electrons. The van der Waals surface area contributed by atoms with Crippen molar-refractivity contribution < 1.29 is 14.6 Å². The van der Waals surface area contributed by atoms with E-state index in [-0.39, 0.29) is 24.7 Å². The van der Waals surface area contributed by atoms with E-state index in [9.17, 15) is 4.79 Å². The first-order valence-electron chi connectivity index (χ1n) is 6.36. The second-order valence-electron chi connectivity index (χ2n) is 4.59. The summed E-state index contributed by atoms with van der Waals surface area (Å²) < 4.78 is 5.20. The molecule has 0 aromatic heterocycles. The van der Waals surface area contributed by atoms with Gasteiger partial charge in [-0.15, -0.1) is 0 Å². The molecule has 0 aliphatic carbocycles. The van der Waals surface area contributed by atoms with E-state index in [1.54, 1.807) is 7.11 Å². The molecule has 1 aliphatic rings. The van der Waals surface area contributed by atoms with Crippen molar-refractivity contribution in [2.75, 3.05) is 26.8 Å². The molecule has 5 heteroatoms. The SMILES string of the molecule is CCC(CCO)CNC(=O)C1CC(OC)CN1. The van der Waals surface area contributed by atoms with Crippen LogP contribution in [-0.4, -0.2) is 50.0 Å². The van der Waals surface area contributed by atoms with Crippen molar-refractivity contribution in [2.24, 2.45) is 5.92 Å². The highest BCUT2D eigenvalue weighted by Gasteiger charge is 2.29. The topological polar surface area (TPSA) is 70.6 Å². The molecule has 5 nitrogen and oxygen atoms in total. The molecule has 3 N–H and O–H groups in total. The molecule has 3 atom stereocenters. The number of carbonyl (C=O) groups excluding carboxylic acids is 1. The van der Waals surface area contributed by atoms with Crippen molar-refractivity contribution in [3.63, 3.8) is 0 Å². The van der Waals surface area contributed by atoms with Crippen molar-refractivity contribution in [1.82, 2.24) is 10.6 Å². The summed E-state index contributed by atoms with van der Waals surface area (Å²) in [5.74, 6) is 0.407. The van der Waals surface area contributed by atoms with Crippen LogP contribution in [-0.2, 0) is 9.53 Å². The normalized spacial score (nSPS) is 25.8. The molecular formula is C12H24N2O3. The maximum atomic E-state index is 11.8. The average Bonchev–Trinajstić information content (AvgIpc) is 2.82. The zero-order valence-electron chi connectivity index (χ0n) is 10.7. The summed E-state index contributed by atoms with van der Waals surface area (Å²) in [6.07, 6.45) is 2.60. The predicted molar refractivity (Wildman–Crippen MR) is 65.7 cm³/mol. The van der Waals surface area contributed by atoms with Gasteiger partial charge in [0.2, 0.25) is 5.91 Å². The molecular weight excluding hydrogens is 220 g/mol. The maximum Gasteiger partial charge on any atom is 0.237 e. The summed E-state index contributed by atoms with van der Waals surface area (Å²) >= 11 is 0. The van der Waals surface area contributed by atoms with Crippen LogP contribution in [0.15, 0.2) is 0 Å². The molecule has 100 valence electrons. The van der Waals surface area contributed by atoms with Gasteiger partial charge in [0, 0.05) is 26.8 Å². The number of hydrogen-bond acceptors (Lipinski definition) is 4. The number of hydrogen-bond donors (Lipinski definition) is 3. The first-order valence-corrected chi connectivity index (χ1v) is 6.36. The molecule has 0 aromatic rings. The van der Waals surface area contributed by atoms with E-state index in [1.807, 2.05) is 0 Å². The van der Waals surface area contributed by atoms with Crippen LogP contribution in [0.5, 0.6) is 0 Å². The Hall–Kier alpha value is -0.650. The number of aliphatic hydroxyl groups is 1. The van der Waals surface area contributed by atoms with Crippen LogP contribution in [0.25, 0.3) is 0 Å². The zero-order valence-corrected chi connectivity index (χ0v) is 10.7. The number of carbonyl (C=O) groups is 1. The van der Waals surface area contributed by atoms with Gasteiger partial charge in [-0.25, -0.2) is 0 Å². The lowest BCUT2D eigenvalue weighted by Crippen LogP contribution is -2.42. The highest BCUT2D eigenvalue weighted by molar-refractivity contribution is 5.82. The average molecular weight is 244 g/mol. The van der Waals surface area contributed by atoms with Gasteiger partial charge in [0.15, 0.2) is 0 Å². The van der Waals surface area contributed by atoms with E-state index in [2.05, 4.69) is 17.6 Å². The van der Waals surface area contributed by atoms with Crippen LogP contribution in [0, 0.1) is 5.92 Å². The Balaban J connectivity index is 2.25. The van der Waals surface area contributed by atoms with Crippen LogP contribution in [0.4, 0.5) is 0 Å². The monoisotopic (exact) mass is 244 g/mol. The van der Waals surface area contributed by atoms with Crippen LogP contribution < -0.4 is 10.6 Å². The van der Waals surface area contributed by atoms with E-state index in [0.717, 1.165) is 25.8 Å². The van der Waals surface area contributed by atoms with Crippen molar-refractivity contribution >= 4 is 5.91 Å². The second-order valence-corrected chi connectivity index (χ2v) is 4.59. The fourth-order valence-electron chi connectivity index (χ4n) is 2.08. The lowest BCUT2D eigenvalue weighted by molar-refractivity contribution is -0.123. The van der Waals surface area contributed by atoms with Crippen LogP contribution in [0.1, 0.15) is 26.2 Å². The van der Waals surface area contributed by atoms with Gasteiger partial charge >= 0.3 is 0 Å². The Morgan fingerprint density at radius 2 is 2.41 bits per heavy atom. The fraction of sp³-hybridized carbons (Fsp3) is 0.917. The fourth-order valence-corrected chi connectivity index (χ4v) is 2.08. The van der Waals surface area contributed by atoms with E-state index >= 15 is 0 Å². The molecule has 0 saturated carbocycles. The minimum atomic E-state index is -0.133. The lowest BCUT2D eigenvalue weighted by atomic mass is 10.0. The molecule has 1 aliphatic heterocycles. The van der Waals surface area contributed by atoms with Crippen molar-refractivity contribution in [1.29, 1.82) is 0 Å². The number of rotatable bonds is 7. The molecule has 0 spiro atoms. The molecule has 1 saturated heterocycles. The highest BCUT2D eigenvalue weighted by Crippen LogP contribution is 2.10. The van der Waals surface area contributed by atoms with Crippen LogP contribution in [0.3, 0.4) is 0 Å². The van der Waals surface area contributed by atoms with E-state index in [1.165, 1.54) is 0 Å². The van der Waals surface area contributed by atoms with Gasteiger partial charge in [-0.2, -0.15) is 0 Å². The summed E-state index contributed by atoms with van der Waals surface area (Å²) in [7, 11) is 1.67. The third kappa shape index (κ3) is 4.61. The first-order chi connectivity index (χ1) is 8.21. The Morgan fingerprint density at radius 3 is 2.94 bits per heavy atom. The molecule has 17 heavy (non-hydrogen) atoms. The summed E-state index contributed by atoms with van der Waals surface area (Å²) in [5, 5.41) is 15.0. The molecule has 1 fully saturated rings. The van der Waals surface area contributed by atoms with E-state index < -0.39 is 0 Å². The number of aliphatic hydroxyl groups excluding tert-OH is 1. The minimum absolute atomic E-state index is 0.0425. The van der Waals surface area contributed by atoms with E-state index in [4.69, 9.17) is 9.84 Å². The molecule has 1 heterocycles. The number of ether oxygens (including phenoxy) is 1. The number of nitrogens with one attached hydrogen (secondary N) is 2. The highest BCUT2D eigenvalue weighted by atomic mass is 16.5. The van der Waals surface area contributed by atoms with Crippen molar-refractivity contribution in [3.05, 3.63) is 0 Å². The van der Waals surface area contributed by atoms with Gasteiger partial charge in [0.05, 0.1) is 12.1 Å². The van der Waals surface area contributed by atoms with Gasteiger partial charge in [-0.05, 0) is 18.8 Å². The maximum absolute atomic E-state index is 11.8. The van der Waals surface area contributed by atoms with E-state index in [0.29, 0.717) is 12.5 Å². The molecule has 1 rings (SSSR count). The largest absolute Gasteiger partial charge is 0.396 e. The Bertz CT molecular complexity index is 236. The second kappa shape index (κ2) is 7.63.